The summed E-state index contributed by atoms with van der Waals surface area (Å²) in [5.41, 5.74) is 1.64. The van der Waals surface area contributed by atoms with Crippen molar-refractivity contribution in [2.24, 2.45) is 0 Å². The van der Waals surface area contributed by atoms with Crippen LogP contribution in [0, 0.1) is 0 Å². The molecular weight excluding hydrogens is 380 g/mol. The molecule has 1 saturated carbocycles. The Bertz CT molecular complexity index is 786. The van der Waals surface area contributed by atoms with Crippen molar-refractivity contribution in [1.82, 2.24) is 20.4 Å². The zero-order chi connectivity index (χ0) is 21.7. The summed E-state index contributed by atoms with van der Waals surface area (Å²) in [5.74, 6) is -0.182. The van der Waals surface area contributed by atoms with E-state index in [0.29, 0.717) is 19.0 Å². The molecule has 1 aliphatic carbocycles. The Morgan fingerprint density at radius 2 is 1.87 bits per heavy atom. The van der Waals surface area contributed by atoms with Crippen LogP contribution in [-0.4, -0.2) is 52.8 Å². The van der Waals surface area contributed by atoms with Gasteiger partial charge in [0.15, 0.2) is 0 Å². The Kier molecular flexibility index (Phi) is 7.13. The van der Waals surface area contributed by atoms with Crippen molar-refractivity contribution in [1.29, 1.82) is 0 Å². The Balaban J connectivity index is 1.45. The highest BCUT2D eigenvalue weighted by Gasteiger charge is 2.51. The molecule has 1 spiro atoms. The minimum absolute atomic E-state index is 0.0651. The maximum absolute atomic E-state index is 12.6. The van der Waals surface area contributed by atoms with E-state index in [1.165, 1.54) is 10.5 Å². The number of hydrogen-bond acceptors (Lipinski definition) is 4. The van der Waals surface area contributed by atoms with Crippen LogP contribution in [0.25, 0.3) is 0 Å². The number of carbonyl (C=O) groups excluding carboxylic acids is 3. The summed E-state index contributed by atoms with van der Waals surface area (Å²) in [4.78, 5) is 40.7. The average molecular weight is 415 g/mol. The first-order valence-electron chi connectivity index (χ1n) is 11.0. The Morgan fingerprint density at radius 1 is 1.20 bits per heavy atom. The van der Waals surface area contributed by atoms with Gasteiger partial charge in [0.05, 0.1) is 0 Å². The highest BCUT2D eigenvalue weighted by Crippen LogP contribution is 2.35. The van der Waals surface area contributed by atoms with Crippen LogP contribution in [0.2, 0.25) is 0 Å². The van der Waals surface area contributed by atoms with E-state index in [1.54, 1.807) is 0 Å². The third kappa shape index (κ3) is 5.01. The standard InChI is InChI=1S/C23H34N4O3/c1-17(2)26(3)16-19-10-5-4-9-18(19)15-24-20(28)11-8-14-27-21(29)23(25-22(27)30)12-6-7-13-23/h4-5,9-10,17H,6-8,11-16H2,1-3H3,(H,24,28)(H,25,30). The number of imide groups is 1. The first-order valence-corrected chi connectivity index (χ1v) is 11.0. The van der Waals surface area contributed by atoms with E-state index in [4.69, 9.17) is 0 Å². The topological polar surface area (TPSA) is 81.8 Å². The molecule has 2 fully saturated rings. The highest BCUT2D eigenvalue weighted by molar-refractivity contribution is 6.07. The lowest BCUT2D eigenvalue weighted by atomic mass is 9.98. The largest absolute Gasteiger partial charge is 0.352 e. The van der Waals surface area contributed by atoms with Crippen LogP contribution in [0.1, 0.15) is 63.5 Å². The van der Waals surface area contributed by atoms with Crippen LogP contribution in [0.5, 0.6) is 0 Å². The van der Waals surface area contributed by atoms with Gasteiger partial charge in [-0.25, -0.2) is 4.79 Å². The number of carbonyl (C=O) groups is 3. The van der Waals surface area contributed by atoms with Gasteiger partial charge in [-0.1, -0.05) is 37.1 Å². The van der Waals surface area contributed by atoms with Crippen molar-refractivity contribution >= 4 is 17.8 Å². The predicted octanol–water partition coefficient (Wildman–Crippen LogP) is 2.79. The number of rotatable bonds is 9. The second-order valence-electron chi connectivity index (χ2n) is 8.83. The fourth-order valence-electron chi connectivity index (χ4n) is 4.21. The van der Waals surface area contributed by atoms with Gasteiger partial charge < -0.3 is 10.6 Å². The second-order valence-corrected chi connectivity index (χ2v) is 8.83. The van der Waals surface area contributed by atoms with Crippen LogP contribution >= 0.6 is 0 Å². The molecule has 1 saturated heterocycles. The van der Waals surface area contributed by atoms with Crippen molar-refractivity contribution in [3.63, 3.8) is 0 Å². The summed E-state index contributed by atoms with van der Waals surface area (Å²) in [6.07, 6.45) is 4.14. The molecule has 30 heavy (non-hydrogen) atoms. The van der Waals surface area contributed by atoms with Crippen molar-refractivity contribution in [3.05, 3.63) is 35.4 Å². The zero-order valence-corrected chi connectivity index (χ0v) is 18.4. The molecule has 0 aromatic heterocycles. The van der Waals surface area contributed by atoms with E-state index in [-0.39, 0.29) is 30.8 Å². The summed E-state index contributed by atoms with van der Waals surface area (Å²) < 4.78 is 0. The fraction of sp³-hybridized carbons (Fsp3) is 0.609. The molecule has 3 rings (SSSR count). The van der Waals surface area contributed by atoms with Gasteiger partial charge >= 0.3 is 6.03 Å². The summed E-state index contributed by atoms with van der Waals surface area (Å²) in [6.45, 7) is 5.91. The molecule has 2 aliphatic rings. The molecular formula is C23H34N4O3. The van der Waals surface area contributed by atoms with Crippen molar-refractivity contribution in [3.8, 4) is 0 Å². The molecule has 0 bridgehead atoms. The van der Waals surface area contributed by atoms with Gasteiger partial charge in [-0.15, -0.1) is 0 Å². The van der Waals surface area contributed by atoms with Gasteiger partial charge in [0, 0.05) is 32.1 Å². The van der Waals surface area contributed by atoms with Crippen LogP contribution < -0.4 is 10.6 Å². The lowest BCUT2D eigenvalue weighted by Crippen LogP contribution is -2.44. The van der Waals surface area contributed by atoms with E-state index >= 15 is 0 Å². The molecule has 1 aliphatic heterocycles. The van der Waals surface area contributed by atoms with Crippen molar-refractivity contribution in [2.45, 2.75) is 77.0 Å². The number of nitrogens with zero attached hydrogens (tertiary/aromatic N) is 2. The summed E-state index contributed by atoms with van der Waals surface area (Å²) in [7, 11) is 2.09. The molecule has 0 atom stereocenters. The summed E-state index contributed by atoms with van der Waals surface area (Å²) >= 11 is 0. The molecule has 7 nitrogen and oxygen atoms in total. The minimum Gasteiger partial charge on any atom is -0.352 e. The fourth-order valence-corrected chi connectivity index (χ4v) is 4.21. The van der Waals surface area contributed by atoms with Gasteiger partial charge in [0.25, 0.3) is 5.91 Å². The van der Waals surface area contributed by atoms with E-state index in [9.17, 15) is 14.4 Å². The third-order valence-electron chi connectivity index (χ3n) is 6.38. The lowest BCUT2D eigenvalue weighted by Gasteiger charge is -2.22. The van der Waals surface area contributed by atoms with Gasteiger partial charge in [0.1, 0.15) is 5.54 Å². The Labute approximate surface area is 179 Å². The average Bonchev–Trinajstić information content (AvgIpc) is 3.27. The molecule has 164 valence electrons. The van der Waals surface area contributed by atoms with E-state index in [0.717, 1.165) is 37.8 Å². The van der Waals surface area contributed by atoms with Gasteiger partial charge in [-0.3, -0.25) is 19.4 Å². The normalized spacial score (nSPS) is 18.0. The number of benzene rings is 1. The smallest absolute Gasteiger partial charge is 0.325 e. The van der Waals surface area contributed by atoms with Crippen LogP contribution in [0.15, 0.2) is 24.3 Å². The predicted molar refractivity (Wildman–Crippen MR) is 116 cm³/mol. The monoisotopic (exact) mass is 414 g/mol. The first-order chi connectivity index (χ1) is 14.3. The minimum atomic E-state index is -0.674. The van der Waals surface area contributed by atoms with E-state index < -0.39 is 5.54 Å². The molecule has 0 radical (unpaired) electrons. The zero-order valence-electron chi connectivity index (χ0n) is 18.4. The van der Waals surface area contributed by atoms with E-state index in [1.807, 2.05) is 18.2 Å². The van der Waals surface area contributed by atoms with Gasteiger partial charge in [0.2, 0.25) is 5.91 Å². The molecule has 1 heterocycles. The van der Waals surface area contributed by atoms with Crippen molar-refractivity contribution in [2.75, 3.05) is 13.6 Å². The number of nitrogens with one attached hydrogen (secondary N) is 2. The SMILES string of the molecule is CC(C)N(C)Cc1ccccc1CNC(=O)CCCN1C(=O)NC2(CCCC2)C1=O. The molecule has 1 aromatic rings. The number of hydrogen-bond donors (Lipinski definition) is 2. The molecule has 2 N–H and O–H groups in total. The molecule has 0 unspecified atom stereocenters. The number of urea groups is 1. The molecule has 7 heteroatoms. The first kappa shape index (κ1) is 22.3. The van der Waals surface area contributed by atoms with E-state index in [2.05, 4.69) is 42.5 Å². The molecule has 1 aromatic carbocycles. The van der Waals surface area contributed by atoms with Crippen LogP contribution in [0.4, 0.5) is 4.79 Å². The van der Waals surface area contributed by atoms with Crippen molar-refractivity contribution < 1.29 is 14.4 Å². The maximum Gasteiger partial charge on any atom is 0.325 e. The molecule has 4 amide bonds. The van der Waals surface area contributed by atoms with Gasteiger partial charge in [-0.05, 0) is 51.3 Å². The van der Waals surface area contributed by atoms with Gasteiger partial charge in [-0.2, -0.15) is 0 Å². The second kappa shape index (κ2) is 9.60. The summed E-state index contributed by atoms with van der Waals surface area (Å²) in [5, 5.41) is 5.85. The van der Waals surface area contributed by atoms with Crippen LogP contribution in [0.3, 0.4) is 0 Å². The van der Waals surface area contributed by atoms with Crippen LogP contribution in [-0.2, 0) is 22.7 Å². The lowest BCUT2D eigenvalue weighted by molar-refractivity contribution is -0.131. The third-order valence-corrected chi connectivity index (χ3v) is 6.38. The Morgan fingerprint density at radius 3 is 2.53 bits per heavy atom. The quantitative estimate of drug-likeness (QED) is 0.609. The highest BCUT2D eigenvalue weighted by atomic mass is 16.2. The maximum atomic E-state index is 12.6. The number of amides is 4. The summed E-state index contributed by atoms with van der Waals surface area (Å²) in [6, 6.07) is 8.27. The Hall–Kier alpha value is -2.41.